The Morgan fingerprint density at radius 3 is 2.74 bits per heavy atom. The number of phenolic OH excluding ortho intramolecular Hbond substituents is 1. The number of aromatic hydroxyl groups is 1. The first-order valence-electron chi connectivity index (χ1n) is 7.69. The molecule has 1 fully saturated rings. The smallest absolute Gasteiger partial charge is 0.259 e. The number of ether oxygens (including phenoxy) is 2. The van der Waals surface area contributed by atoms with Crippen LogP contribution in [0.15, 0.2) is 10.5 Å². The fraction of sp³-hybridized carbons (Fsp3) is 0.562. The van der Waals surface area contributed by atoms with Crippen molar-refractivity contribution in [2.75, 3.05) is 33.9 Å². The molecule has 1 amide bonds. The third-order valence-electron chi connectivity index (χ3n) is 4.21. The van der Waals surface area contributed by atoms with Crippen molar-refractivity contribution in [1.82, 2.24) is 10.2 Å². The van der Waals surface area contributed by atoms with Crippen LogP contribution in [0, 0.1) is 0 Å². The van der Waals surface area contributed by atoms with Gasteiger partial charge in [0, 0.05) is 18.7 Å². The molecule has 1 aromatic rings. The van der Waals surface area contributed by atoms with Gasteiger partial charge in [0.1, 0.15) is 11.3 Å². The number of likely N-dealkylation sites (N-methyl/N-ethyl adjacent to an activating group) is 1. The number of halogens is 1. The average Bonchev–Trinajstić information content (AvgIpc) is 2.99. The molecule has 0 saturated carbocycles. The summed E-state index contributed by atoms with van der Waals surface area (Å²) in [5, 5.41) is 12.9. The molecule has 2 rings (SSSR count). The number of nitrogens with one attached hydrogen (secondary N) is 1. The first kappa shape index (κ1) is 17.9. The van der Waals surface area contributed by atoms with Crippen LogP contribution in [0.2, 0.25) is 0 Å². The lowest BCUT2D eigenvalue weighted by atomic mass is 10.1. The largest absolute Gasteiger partial charge is 0.504 e. The molecule has 1 aliphatic rings. The van der Waals surface area contributed by atoms with Crippen LogP contribution in [0.25, 0.3) is 0 Å². The van der Waals surface area contributed by atoms with Crippen molar-refractivity contribution < 1.29 is 19.4 Å². The highest BCUT2D eigenvalue weighted by Gasteiger charge is 2.27. The van der Waals surface area contributed by atoms with E-state index in [0.717, 1.165) is 25.9 Å². The van der Waals surface area contributed by atoms with E-state index in [9.17, 15) is 9.90 Å². The number of carbonyl (C=O) groups is 1. The number of phenols is 1. The summed E-state index contributed by atoms with van der Waals surface area (Å²) >= 11 is 3.30. The maximum Gasteiger partial charge on any atom is 0.259 e. The van der Waals surface area contributed by atoms with Crippen molar-refractivity contribution >= 4 is 21.8 Å². The standard InChI is InChI=1S/C16H23BrN2O4/c1-4-19-7-5-6-10(19)9-18-16(21)13-14(22-2)11(17)8-12(20)15(13)23-3/h8,10,20H,4-7,9H2,1-3H3,(H,18,21)/t10-/m1/s1. The summed E-state index contributed by atoms with van der Waals surface area (Å²) in [6.07, 6.45) is 2.23. The Kier molecular flexibility index (Phi) is 6.12. The second-order valence-corrected chi connectivity index (χ2v) is 6.31. The summed E-state index contributed by atoms with van der Waals surface area (Å²) in [5.41, 5.74) is 0.197. The van der Waals surface area contributed by atoms with Gasteiger partial charge in [-0.1, -0.05) is 6.92 Å². The Hall–Kier alpha value is -1.47. The van der Waals surface area contributed by atoms with E-state index in [2.05, 4.69) is 33.1 Å². The summed E-state index contributed by atoms with van der Waals surface area (Å²) in [6.45, 7) is 4.73. The lowest BCUT2D eigenvalue weighted by Gasteiger charge is -2.23. The van der Waals surface area contributed by atoms with Crippen molar-refractivity contribution in [2.24, 2.45) is 0 Å². The monoisotopic (exact) mass is 386 g/mol. The van der Waals surface area contributed by atoms with E-state index in [1.165, 1.54) is 20.3 Å². The summed E-state index contributed by atoms with van der Waals surface area (Å²) in [7, 11) is 2.89. The molecule has 7 heteroatoms. The molecule has 128 valence electrons. The Labute approximate surface area is 144 Å². The maximum atomic E-state index is 12.6. The summed E-state index contributed by atoms with van der Waals surface area (Å²) < 4.78 is 11.0. The molecular weight excluding hydrogens is 364 g/mol. The molecule has 0 bridgehead atoms. The van der Waals surface area contributed by atoms with Crippen molar-refractivity contribution in [3.63, 3.8) is 0 Å². The topological polar surface area (TPSA) is 71.0 Å². The molecule has 1 aromatic carbocycles. The Morgan fingerprint density at radius 1 is 1.43 bits per heavy atom. The predicted octanol–water partition coefficient (Wildman–Crippen LogP) is 2.39. The number of amides is 1. The SMILES string of the molecule is CCN1CCC[C@@H]1CNC(=O)c1c(OC)c(O)cc(Br)c1OC. The van der Waals surface area contributed by atoms with Gasteiger partial charge in [0.25, 0.3) is 5.91 Å². The zero-order valence-electron chi connectivity index (χ0n) is 13.7. The second kappa shape index (κ2) is 7.88. The fourth-order valence-electron chi connectivity index (χ4n) is 3.06. The lowest BCUT2D eigenvalue weighted by molar-refractivity contribution is 0.0934. The van der Waals surface area contributed by atoms with Crippen LogP contribution < -0.4 is 14.8 Å². The third kappa shape index (κ3) is 3.72. The van der Waals surface area contributed by atoms with Crippen molar-refractivity contribution in [3.05, 3.63) is 16.1 Å². The van der Waals surface area contributed by atoms with E-state index in [1.807, 2.05) is 0 Å². The van der Waals surface area contributed by atoms with Gasteiger partial charge >= 0.3 is 0 Å². The van der Waals surface area contributed by atoms with Gasteiger partial charge in [-0.05, 0) is 41.9 Å². The van der Waals surface area contributed by atoms with E-state index >= 15 is 0 Å². The number of rotatable bonds is 6. The molecule has 23 heavy (non-hydrogen) atoms. The van der Waals surface area contributed by atoms with Gasteiger partial charge in [-0.2, -0.15) is 0 Å². The number of methoxy groups -OCH3 is 2. The molecule has 0 unspecified atom stereocenters. The average molecular weight is 387 g/mol. The van der Waals surface area contributed by atoms with Crippen LogP contribution in [0.1, 0.15) is 30.1 Å². The number of benzene rings is 1. The van der Waals surface area contributed by atoms with Gasteiger partial charge in [0.15, 0.2) is 11.5 Å². The lowest BCUT2D eigenvalue weighted by Crippen LogP contribution is -2.40. The van der Waals surface area contributed by atoms with Gasteiger partial charge in [-0.15, -0.1) is 0 Å². The van der Waals surface area contributed by atoms with Gasteiger partial charge in [-0.25, -0.2) is 0 Å². The third-order valence-corrected chi connectivity index (χ3v) is 4.79. The minimum Gasteiger partial charge on any atom is -0.504 e. The number of nitrogens with zero attached hydrogens (tertiary/aromatic N) is 1. The van der Waals surface area contributed by atoms with Crippen LogP contribution in [0.4, 0.5) is 0 Å². The van der Waals surface area contributed by atoms with Gasteiger partial charge < -0.3 is 19.9 Å². The zero-order valence-corrected chi connectivity index (χ0v) is 15.3. The summed E-state index contributed by atoms with van der Waals surface area (Å²) in [4.78, 5) is 15.0. The van der Waals surface area contributed by atoms with Crippen LogP contribution in [-0.2, 0) is 0 Å². The number of likely N-dealkylation sites (tertiary alicyclic amines) is 1. The Bertz CT molecular complexity index is 551. The van der Waals surface area contributed by atoms with Gasteiger partial charge in [0.2, 0.25) is 0 Å². The maximum absolute atomic E-state index is 12.6. The normalized spacial score (nSPS) is 18.0. The Balaban J connectivity index is 2.21. The number of hydrogen-bond donors (Lipinski definition) is 2. The molecule has 0 spiro atoms. The highest BCUT2D eigenvalue weighted by atomic mass is 79.9. The van der Waals surface area contributed by atoms with Crippen molar-refractivity contribution in [1.29, 1.82) is 0 Å². The second-order valence-electron chi connectivity index (χ2n) is 5.45. The minimum absolute atomic E-state index is 0.110. The van der Waals surface area contributed by atoms with E-state index in [-0.39, 0.29) is 23.0 Å². The molecule has 0 aliphatic carbocycles. The number of carbonyl (C=O) groups excluding carboxylic acids is 1. The highest BCUT2D eigenvalue weighted by Crippen LogP contribution is 2.42. The highest BCUT2D eigenvalue weighted by molar-refractivity contribution is 9.10. The molecule has 1 aliphatic heterocycles. The van der Waals surface area contributed by atoms with Crippen LogP contribution in [0.5, 0.6) is 17.2 Å². The molecule has 6 nitrogen and oxygen atoms in total. The quantitative estimate of drug-likeness (QED) is 0.785. The van der Waals surface area contributed by atoms with E-state index < -0.39 is 0 Å². The molecule has 1 atom stereocenters. The molecule has 0 radical (unpaired) electrons. The Morgan fingerprint density at radius 2 is 2.13 bits per heavy atom. The summed E-state index contributed by atoms with van der Waals surface area (Å²) in [5.74, 6) is 0.0249. The van der Waals surface area contributed by atoms with Crippen LogP contribution >= 0.6 is 15.9 Å². The zero-order chi connectivity index (χ0) is 17.0. The summed E-state index contributed by atoms with van der Waals surface area (Å²) in [6, 6.07) is 1.80. The molecule has 1 heterocycles. The number of hydrogen-bond acceptors (Lipinski definition) is 5. The fourth-order valence-corrected chi connectivity index (χ4v) is 3.63. The van der Waals surface area contributed by atoms with Gasteiger partial charge in [0.05, 0.1) is 18.7 Å². The molecule has 0 aromatic heterocycles. The van der Waals surface area contributed by atoms with Crippen LogP contribution in [0.3, 0.4) is 0 Å². The predicted molar refractivity (Wildman–Crippen MR) is 91.5 cm³/mol. The first-order chi connectivity index (χ1) is 11.0. The van der Waals surface area contributed by atoms with Gasteiger partial charge in [-0.3, -0.25) is 9.69 Å². The molecular formula is C16H23BrN2O4. The molecule has 1 saturated heterocycles. The first-order valence-corrected chi connectivity index (χ1v) is 8.48. The van der Waals surface area contributed by atoms with E-state index in [4.69, 9.17) is 9.47 Å². The van der Waals surface area contributed by atoms with Crippen LogP contribution in [-0.4, -0.2) is 55.8 Å². The van der Waals surface area contributed by atoms with Crippen molar-refractivity contribution in [3.8, 4) is 17.2 Å². The van der Waals surface area contributed by atoms with E-state index in [0.29, 0.717) is 22.8 Å². The van der Waals surface area contributed by atoms with Crippen molar-refractivity contribution in [2.45, 2.75) is 25.8 Å². The molecule has 2 N–H and O–H groups in total. The minimum atomic E-state index is -0.321. The van der Waals surface area contributed by atoms with E-state index in [1.54, 1.807) is 0 Å².